The van der Waals surface area contributed by atoms with Crippen LogP contribution in [0.1, 0.15) is 25.0 Å². The molecule has 0 spiro atoms. The van der Waals surface area contributed by atoms with Gasteiger partial charge < -0.3 is 21.5 Å². The summed E-state index contributed by atoms with van der Waals surface area (Å²) in [6, 6.07) is 13.8. The van der Waals surface area contributed by atoms with Crippen molar-refractivity contribution in [3.8, 4) is 0 Å². The fraction of sp³-hybridized carbons (Fsp3) is 0.300. The fourth-order valence-corrected chi connectivity index (χ4v) is 2.94. The van der Waals surface area contributed by atoms with Crippen LogP contribution in [0.15, 0.2) is 48.5 Å². The molecule has 2 aromatic rings. The molecule has 0 saturated heterocycles. The quantitative estimate of drug-likeness (QED) is 0.558. The Balaban J connectivity index is 2.05. The minimum Gasteiger partial charge on any atom is -0.444 e. The molecule has 0 bridgehead atoms. The highest BCUT2D eigenvalue weighted by atomic mass is 16.5. The van der Waals surface area contributed by atoms with E-state index in [-0.39, 0.29) is 6.61 Å². The van der Waals surface area contributed by atoms with Crippen molar-refractivity contribution in [1.82, 2.24) is 5.32 Å². The average Bonchev–Trinajstić information content (AvgIpc) is 2.61. The molecule has 0 fully saturated rings. The third-order valence-electron chi connectivity index (χ3n) is 4.50. The molecule has 2 rings (SSSR count). The molecule has 0 aliphatic heterocycles. The molecule has 0 radical (unpaired) electrons. The van der Waals surface area contributed by atoms with Crippen molar-refractivity contribution in [2.75, 3.05) is 18.1 Å². The Morgan fingerprint density at radius 1 is 1.15 bits per heavy atom. The van der Waals surface area contributed by atoms with Crippen LogP contribution < -0.4 is 22.1 Å². The van der Waals surface area contributed by atoms with E-state index in [1.807, 2.05) is 19.9 Å². The summed E-state index contributed by atoms with van der Waals surface area (Å²) < 4.78 is 5.23. The molecule has 27 heavy (non-hydrogen) atoms. The molecule has 144 valence electrons. The number of amides is 2. The molecule has 0 saturated carbocycles. The summed E-state index contributed by atoms with van der Waals surface area (Å²) in [5.74, 6) is -0.441. The molecule has 1 atom stereocenters. The second-order valence-corrected chi connectivity index (χ2v) is 6.87. The topological polar surface area (TPSA) is 119 Å². The van der Waals surface area contributed by atoms with Crippen LogP contribution in [0.25, 0.3) is 0 Å². The molecule has 6 N–H and O–H groups in total. The maximum absolute atomic E-state index is 12.1. The molecule has 0 heterocycles. The summed E-state index contributed by atoms with van der Waals surface area (Å²) in [5, 5.41) is 5.65. The Labute approximate surface area is 159 Å². The predicted octanol–water partition coefficient (Wildman–Crippen LogP) is 2.37. The van der Waals surface area contributed by atoms with Gasteiger partial charge in [0.2, 0.25) is 5.91 Å². The van der Waals surface area contributed by atoms with Gasteiger partial charge in [0.25, 0.3) is 0 Å². The number of nitrogen functional groups attached to an aromatic ring is 1. The van der Waals surface area contributed by atoms with Crippen LogP contribution >= 0.6 is 0 Å². The molecule has 0 aliphatic rings. The first kappa shape index (κ1) is 20.3. The summed E-state index contributed by atoms with van der Waals surface area (Å²) in [7, 11) is 1.69. The lowest BCUT2D eigenvalue weighted by molar-refractivity contribution is -0.121. The number of ether oxygens (including phenoxy) is 1. The maximum atomic E-state index is 12.1. The van der Waals surface area contributed by atoms with Crippen LogP contribution in [0.3, 0.4) is 0 Å². The molecular weight excluding hydrogens is 344 g/mol. The smallest absolute Gasteiger partial charge is 0.411 e. The molecule has 7 nitrogen and oxygen atoms in total. The van der Waals surface area contributed by atoms with Gasteiger partial charge in [-0.1, -0.05) is 38.1 Å². The Kier molecular flexibility index (Phi) is 6.41. The van der Waals surface area contributed by atoms with E-state index >= 15 is 0 Å². The first-order chi connectivity index (χ1) is 12.7. The number of nitrogens with two attached hydrogens (primary N) is 2. The maximum Gasteiger partial charge on any atom is 0.411 e. The van der Waals surface area contributed by atoms with Crippen molar-refractivity contribution < 1.29 is 14.3 Å². The van der Waals surface area contributed by atoms with E-state index in [1.165, 1.54) is 0 Å². The SMILES string of the molecule is CN[C@H](C(N)=O)C(C)(C)c1cccc(NC(=O)OCc2ccc(N)cc2)c1. The molecule has 7 heteroatoms. The summed E-state index contributed by atoms with van der Waals surface area (Å²) >= 11 is 0. The summed E-state index contributed by atoms with van der Waals surface area (Å²) in [6.07, 6.45) is -0.568. The van der Waals surface area contributed by atoms with Crippen LogP contribution in [0.4, 0.5) is 16.2 Å². The highest BCUT2D eigenvalue weighted by molar-refractivity contribution is 5.85. The third-order valence-corrected chi connectivity index (χ3v) is 4.50. The highest BCUT2D eigenvalue weighted by Crippen LogP contribution is 2.29. The molecule has 2 aromatic carbocycles. The largest absolute Gasteiger partial charge is 0.444 e. The monoisotopic (exact) mass is 370 g/mol. The highest BCUT2D eigenvalue weighted by Gasteiger charge is 2.34. The Morgan fingerprint density at radius 2 is 1.81 bits per heavy atom. The van der Waals surface area contributed by atoms with Crippen molar-refractivity contribution >= 4 is 23.4 Å². The van der Waals surface area contributed by atoms with Gasteiger partial charge in [0.05, 0.1) is 6.04 Å². The second-order valence-electron chi connectivity index (χ2n) is 6.87. The lowest BCUT2D eigenvalue weighted by Gasteiger charge is -2.32. The third kappa shape index (κ3) is 5.21. The van der Waals surface area contributed by atoms with E-state index in [2.05, 4.69) is 10.6 Å². The van der Waals surface area contributed by atoms with Gasteiger partial charge >= 0.3 is 6.09 Å². The second kappa shape index (κ2) is 8.55. The van der Waals surface area contributed by atoms with Crippen LogP contribution in [0, 0.1) is 0 Å². The summed E-state index contributed by atoms with van der Waals surface area (Å²) in [5.41, 5.74) is 13.5. The van der Waals surface area contributed by atoms with Gasteiger partial charge in [-0.3, -0.25) is 10.1 Å². The number of hydrogen-bond acceptors (Lipinski definition) is 5. The van der Waals surface area contributed by atoms with Crippen molar-refractivity contribution in [3.05, 3.63) is 59.7 Å². The number of anilines is 2. The number of carbonyl (C=O) groups excluding carboxylic acids is 2. The van der Waals surface area contributed by atoms with Gasteiger partial charge in [-0.2, -0.15) is 0 Å². The minimum atomic E-state index is -0.568. The zero-order valence-electron chi connectivity index (χ0n) is 15.8. The number of nitrogens with one attached hydrogen (secondary N) is 2. The lowest BCUT2D eigenvalue weighted by Crippen LogP contribution is -2.51. The number of rotatable bonds is 7. The summed E-state index contributed by atoms with van der Waals surface area (Å²) in [6.45, 7) is 3.97. The number of primary amides is 1. The number of carbonyl (C=O) groups is 2. The predicted molar refractivity (Wildman–Crippen MR) is 106 cm³/mol. The van der Waals surface area contributed by atoms with Crippen LogP contribution in [0.5, 0.6) is 0 Å². The average molecular weight is 370 g/mol. The Morgan fingerprint density at radius 3 is 2.41 bits per heavy atom. The van der Waals surface area contributed by atoms with E-state index in [4.69, 9.17) is 16.2 Å². The van der Waals surface area contributed by atoms with Crippen LogP contribution in [0.2, 0.25) is 0 Å². The zero-order valence-corrected chi connectivity index (χ0v) is 15.8. The van der Waals surface area contributed by atoms with Crippen molar-refractivity contribution in [2.45, 2.75) is 31.9 Å². The van der Waals surface area contributed by atoms with Gasteiger partial charge in [-0.25, -0.2) is 4.79 Å². The van der Waals surface area contributed by atoms with Crippen LogP contribution in [-0.2, 0) is 21.6 Å². The van der Waals surface area contributed by atoms with E-state index in [9.17, 15) is 9.59 Å². The molecule has 0 aromatic heterocycles. The van der Waals surface area contributed by atoms with Crippen LogP contribution in [-0.4, -0.2) is 25.1 Å². The number of hydrogen-bond donors (Lipinski definition) is 4. The van der Waals surface area contributed by atoms with Gasteiger partial charge in [0.1, 0.15) is 6.61 Å². The first-order valence-corrected chi connectivity index (χ1v) is 8.59. The summed E-state index contributed by atoms with van der Waals surface area (Å²) in [4.78, 5) is 23.8. The number of likely N-dealkylation sites (N-methyl/N-ethyl adjacent to an activating group) is 1. The molecule has 0 unspecified atom stereocenters. The molecule has 2 amide bonds. The first-order valence-electron chi connectivity index (χ1n) is 8.59. The van der Waals surface area contributed by atoms with Crippen molar-refractivity contribution in [3.63, 3.8) is 0 Å². The fourth-order valence-electron chi connectivity index (χ4n) is 2.94. The van der Waals surface area contributed by atoms with Gasteiger partial charge in [0, 0.05) is 16.8 Å². The minimum absolute atomic E-state index is 0.140. The Bertz CT molecular complexity index is 803. The van der Waals surface area contributed by atoms with Gasteiger partial charge in [0.15, 0.2) is 0 Å². The Hall–Kier alpha value is -3.06. The molecular formula is C20H26N4O3. The van der Waals surface area contributed by atoms with E-state index in [0.717, 1.165) is 11.1 Å². The van der Waals surface area contributed by atoms with E-state index in [0.29, 0.717) is 11.4 Å². The van der Waals surface area contributed by atoms with Gasteiger partial charge in [-0.15, -0.1) is 0 Å². The van der Waals surface area contributed by atoms with Gasteiger partial charge in [-0.05, 0) is 42.4 Å². The standard InChI is InChI=1S/C20H26N4O3/c1-20(2,17(23-3)18(22)25)14-5-4-6-16(11-14)24-19(26)27-12-13-7-9-15(21)10-8-13/h4-11,17,23H,12,21H2,1-3H3,(H2,22,25)(H,24,26)/t17-/m1/s1. The number of benzene rings is 2. The molecule has 0 aliphatic carbocycles. The van der Waals surface area contributed by atoms with Crippen molar-refractivity contribution in [2.24, 2.45) is 5.73 Å². The van der Waals surface area contributed by atoms with E-state index in [1.54, 1.807) is 49.5 Å². The van der Waals surface area contributed by atoms with E-state index < -0.39 is 23.5 Å². The van der Waals surface area contributed by atoms with Crippen molar-refractivity contribution in [1.29, 1.82) is 0 Å². The lowest BCUT2D eigenvalue weighted by atomic mass is 9.77. The normalized spacial score (nSPS) is 12.3. The zero-order chi connectivity index (χ0) is 20.0.